The van der Waals surface area contributed by atoms with Gasteiger partial charge in [-0.1, -0.05) is 17.7 Å². The predicted molar refractivity (Wildman–Crippen MR) is 141 cm³/mol. The van der Waals surface area contributed by atoms with Crippen molar-refractivity contribution < 1.29 is 31.5 Å². The molecule has 6 nitrogen and oxygen atoms in total. The largest absolute Gasteiger partial charge is 0.416 e. The molecule has 0 fully saturated rings. The number of anilines is 1. The number of imidazole rings is 1. The molecule has 0 bridgehead atoms. The van der Waals surface area contributed by atoms with Crippen LogP contribution < -0.4 is 10.6 Å². The molecule has 0 saturated carbocycles. The van der Waals surface area contributed by atoms with Crippen molar-refractivity contribution in [3.8, 4) is 11.1 Å². The van der Waals surface area contributed by atoms with E-state index in [1.165, 1.54) is 12.1 Å². The molecule has 2 N–H and O–H groups in total. The second-order valence-corrected chi connectivity index (χ2v) is 9.79. The maximum Gasteiger partial charge on any atom is 0.416 e. The number of halogens is 6. The number of fused-ring (bicyclic) bond motifs is 2. The SMILES string of the molecule is O=C(Nc1cc(-c2ccc3cncn3c2)cc2c1C(c1cc(F)ccc1Cl)NC2=O)c1cc(F)cc(C(F)(F)F)c1. The molecule has 3 heterocycles. The van der Waals surface area contributed by atoms with E-state index in [4.69, 9.17) is 11.6 Å². The second-order valence-electron chi connectivity index (χ2n) is 9.38. The monoisotopic (exact) mass is 582 g/mol. The number of rotatable bonds is 4. The van der Waals surface area contributed by atoms with Crippen molar-refractivity contribution in [1.82, 2.24) is 14.7 Å². The van der Waals surface area contributed by atoms with Gasteiger partial charge < -0.3 is 15.0 Å². The van der Waals surface area contributed by atoms with Crippen molar-refractivity contribution in [3.05, 3.63) is 124 Å². The first kappa shape index (κ1) is 26.5. The minimum Gasteiger partial charge on any atom is -0.341 e. The van der Waals surface area contributed by atoms with Gasteiger partial charge >= 0.3 is 6.18 Å². The average molecular weight is 583 g/mol. The number of carbonyl (C=O) groups excluding carboxylic acids is 2. The van der Waals surface area contributed by atoms with Gasteiger partial charge in [0, 0.05) is 39.2 Å². The van der Waals surface area contributed by atoms with Crippen molar-refractivity contribution in [1.29, 1.82) is 0 Å². The Morgan fingerprint density at radius 2 is 1.78 bits per heavy atom. The van der Waals surface area contributed by atoms with E-state index in [-0.39, 0.29) is 33.5 Å². The van der Waals surface area contributed by atoms with Gasteiger partial charge in [-0.05, 0) is 65.7 Å². The fraction of sp³-hybridized carbons (Fsp3) is 0.0690. The Balaban J connectivity index is 1.51. The first-order chi connectivity index (χ1) is 19.5. The number of benzene rings is 3. The van der Waals surface area contributed by atoms with Crippen LogP contribution in [0.4, 0.5) is 27.6 Å². The van der Waals surface area contributed by atoms with E-state index in [1.807, 2.05) is 0 Å². The minimum atomic E-state index is -4.89. The Kier molecular flexibility index (Phi) is 6.26. The minimum absolute atomic E-state index is 0.0368. The Bertz CT molecular complexity index is 1890. The van der Waals surface area contributed by atoms with Gasteiger partial charge in [0.2, 0.25) is 0 Å². The summed E-state index contributed by atoms with van der Waals surface area (Å²) in [5.41, 5.74) is 0.561. The first-order valence-electron chi connectivity index (χ1n) is 12.0. The molecule has 0 radical (unpaired) electrons. The molecular formula is C29H16ClF5N4O2. The van der Waals surface area contributed by atoms with Gasteiger partial charge in [0.05, 0.1) is 29.6 Å². The molecule has 12 heteroatoms. The highest BCUT2D eigenvalue weighted by atomic mass is 35.5. The number of carbonyl (C=O) groups is 2. The lowest BCUT2D eigenvalue weighted by Gasteiger charge is -2.19. The van der Waals surface area contributed by atoms with Crippen LogP contribution >= 0.6 is 11.6 Å². The van der Waals surface area contributed by atoms with Gasteiger partial charge in [0.15, 0.2) is 0 Å². The summed E-state index contributed by atoms with van der Waals surface area (Å²) < 4.78 is 69.9. The van der Waals surface area contributed by atoms with Gasteiger partial charge in [-0.25, -0.2) is 13.8 Å². The Morgan fingerprint density at radius 1 is 0.976 bits per heavy atom. The van der Waals surface area contributed by atoms with Crippen LogP contribution in [-0.4, -0.2) is 21.2 Å². The number of alkyl halides is 3. The van der Waals surface area contributed by atoms with Gasteiger partial charge in [-0.2, -0.15) is 13.2 Å². The molecule has 1 unspecified atom stereocenters. The fourth-order valence-electron chi connectivity index (χ4n) is 4.84. The normalized spacial score (nSPS) is 14.7. The summed E-state index contributed by atoms with van der Waals surface area (Å²) in [5, 5.41) is 5.41. The lowest BCUT2D eigenvalue weighted by Crippen LogP contribution is -2.21. The van der Waals surface area contributed by atoms with E-state index < -0.39 is 46.8 Å². The molecule has 2 amide bonds. The van der Waals surface area contributed by atoms with E-state index in [1.54, 1.807) is 41.3 Å². The van der Waals surface area contributed by atoms with Crippen molar-refractivity contribution >= 4 is 34.6 Å². The lowest BCUT2D eigenvalue weighted by atomic mass is 9.93. The number of aromatic nitrogens is 2. The fourth-order valence-corrected chi connectivity index (χ4v) is 5.07. The van der Waals surface area contributed by atoms with Crippen LogP contribution in [0, 0.1) is 11.6 Å². The zero-order valence-electron chi connectivity index (χ0n) is 20.6. The lowest BCUT2D eigenvalue weighted by molar-refractivity contribution is -0.137. The molecule has 1 aliphatic rings. The molecule has 0 saturated heterocycles. The molecule has 2 aromatic heterocycles. The average Bonchev–Trinajstić information content (AvgIpc) is 3.53. The third-order valence-corrected chi connectivity index (χ3v) is 7.08. The van der Waals surface area contributed by atoms with Gasteiger partial charge in [-0.3, -0.25) is 9.59 Å². The smallest absolute Gasteiger partial charge is 0.341 e. The van der Waals surface area contributed by atoms with Crippen LogP contribution in [0.2, 0.25) is 5.02 Å². The molecule has 0 aliphatic carbocycles. The molecular weight excluding hydrogens is 567 g/mol. The van der Waals surface area contributed by atoms with Crippen molar-refractivity contribution in [3.63, 3.8) is 0 Å². The summed E-state index contributed by atoms with van der Waals surface area (Å²) in [6.07, 6.45) is 0.0737. The standard InChI is InChI=1S/C29H16ClF5N4O2/c30-23-4-2-18(31)10-21(23)26-25-22(28(41)38-26)7-15(14-1-3-20-11-36-13-39(20)12-14)8-24(25)37-27(40)16-5-17(29(33,34)35)9-19(32)6-16/h1-13,26H,(H,37,40)(H,38,41). The van der Waals surface area contributed by atoms with Crippen molar-refractivity contribution in [2.24, 2.45) is 0 Å². The van der Waals surface area contributed by atoms with Crippen LogP contribution in [0.15, 0.2) is 79.4 Å². The number of nitrogens with one attached hydrogen (secondary N) is 2. The summed E-state index contributed by atoms with van der Waals surface area (Å²) in [6, 6.07) is 10.7. The predicted octanol–water partition coefficient (Wildman–Crippen LogP) is 7.04. The maximum atomic E-state index is 14.2. The Morgan fingerprint density at radius 3 is 2.56 bits per heavy atom. The van der Waals surface area contributed by atoms with E-state index in [0.29, 0.717) is 23.3 Å². The topological polar surface area (TPSA) is 75.5 Å². The Labute approximate surface area is 233 Å². The van der Waals surface area contributed by atoms with Crippen molar-refractivity contribution in [2.45, 2.75) is 12.2 Å². The third-order valence-electron chi connectivity index (χ3n) is 6.73. The van der Waals surface area contributed by atoms with Crippen LogP contribution in [0.5, 0.6) is 0 Å². The molecule has 41 heavy (non-hydrogen) atoms. The summed E-state index contributed by atoms with van der Waals surface area (Å²) in [6.45, 7) is 0. The van der Waals surface area contributed by atoms with Crippen LogP contribution in [0.1, 0.15) is 43.4 Å². The van der Waals surface area contributed by atoms with E-state index in [2.05, 4.69) is 15.6 Å². The summed E-state index contributed by atoms with van der Waals surface area (Å²) >= 11 is 6.33. The molecule has 206 valence electrons. The number of nitrogens with zero attached hydrogens (tertiary/aromatic N) is 2. The molecule has 0 spiro atoms. The molecule has 5 aromatic rings. The van der Waals surface area contributed by atoms with Gasteiger partial charge in [0.25, 0.3) is 11.8 Å². The van der Waals surface area contributed by atoms with E-state index >= 15 is 0 Å². The van der Waals surface area contributed by atoms with Crippen LogP contribution in [-0.2, 0) is 6.18 Å². The Hall–Kier alpha value is -4.77. The summed E-state index contributed by atoms with van der Waals surface area (Å²) in [7, 11) is 0. The van der Waals surface area contributed by atoms with E-state index in [9.17, 15) is 31.5 Å². The molecule has 1 atom stereocenters. The third kappa shape index (κ3) is 4.89. The maximum absolute atomic E-state index is 14.2. The number of pyridine rings is 1. The van der Waals surface area contributed by atoms with E-state index in [0.717, 1.165) is 17.6 Å². The number of amides is 2. The second kappa shape index (κ2) is 9.70. The summed E-state index contributed by atoms with van der Waals surface area (Å²) in [4.78, 5) is 30.5. The number of hydrogen-bond acceptors (Lipinski definition) is 3. The highest BCUT2D eigenvalue weighted by molar-refractivity contribution is 6.31. The number of hydrogen-bond donors (Lipinski definition) is 2. The highest BCUT2D eigenvalue weighted by Crippen LogP contribution is 2.42. The highest BCUT2D eigenvalue weighted by Gasteiger charge is 2.36. The van der Waals surface area contributed by atoms with Gasteiger partial charge in [-0.15, -0.1) is 0 Å². The summed E-state index contributed by atoms with van der Waals surface area (Å²) in [5.74, 6) is -3.47. The van der Waals surface area contributed by atoms with Crippen molar-refractivity contribution in [2.75, 3.05) is 5.32 Å². The van der Waals surface area contributed by atoms with Gasteiger partial charge in [0.1, 0.15) is 11.6 Å². The zero-order valence-corrected chi connectivity index (χ0v) is 21.3. The molecule has 6 rings (SSSR count). The van der Waals surface area contributed by atoms with Crippen LogP contribution in [0.25, 0.3) is 16.6 Å². The molecule has 1 aliphatic heterocycles. The first-order valence-corrected chi connectivity index (χ1v) is 12.4. The van der Waals surface area contributed by atoms with Crippen LogP contribution in [0.3, 0.4) is 0 Å². The molecule has 3 aromatic carbocycles. The quantitative estimate of drug-likeness (QED) is 0.223. The zero-order chi connectivity index (χ0) is 29.1.